The number of fused-ring (bicyclic) bond motifs is 1. The molecule has 4 rings (SSSR count). The van der Waals surface area contributed by atoms with Gasteiger partial charge in [-0.2, -0.15) is 5.10 Å². The van der Waals surface area contributed by atoms with Gasteiger partial charge in [-0.1, -0.05) is 19.1 Å². The normalized spacial score (nSPS) is 11.9. The molecular formula is C22H21N3O5. The van der Waals surface area contributed by atoms with Crippen molar-refractivity contribution in [1.29, 1.82) is 0 Å². The molecule has 1 aliphatic rings. The third-order valence-corrected chi connectivity index (χ3v) is 4.47. The van der Waals surface area contributed by atoms with Gasteiger partial charge in [-0.3, -0.25) is 9.59 Å². The fraction of sp³-hybridized carbons (Fsp3) is 0.227. The van der Waals surface area contributed by atoms with E-state index in [1.807, 2.05) is 31.2 Å². The summed E-state index contributed by atoms with van der Waals surface area (Å²) >= 11 is 0. The first-order chi connectivity index (χ1) is 14.6. The minimum atomic E-state index is -0.381. The average molecular weight is 407 g/mol. The number of ether oxygens (including phenoxy) is 3. The van der Waals surface area contributed by atoms with E-state index in [-0.39, 0.29) is 24.0 Å². The monoisotopic (exact) mass is 407 g/mol. The Morgan fingerprint density at radius 3 is 2.87 bits per heavy atom. The molecule has 1 aliphatic heterocycles. The smallest absolute Gasteiger partial charge is 0.276 e. The van der Waals surface area contributed by atoms with Crippen LogP contribution in [-0.2, 0) is 13.2 Å². The van der Waals surface area contributed by atoms with Gasteiger partial charge in [0.1, 0.15) is 18.1 Å². The van der Waals surface area contributed by atoms with Crippen molar-refractivity contribution in [3.05, 3.63) is 76.2 Å². The third kappa shape index (κ3) is 4.43. The molecule has 154 valence electrons. The minimum absolute atomic E-state index is 0.185. The first kappa shape index (κ1) is 19.5. The molecule has 8 nitrogen and oxygen atoms in total. The first-order valence-corrected chi connectivity index (χ1v) is 9.63. The van der Waals surface area contributed by atoms with Crippen LogP contribution < -0.4 is 25.1 Å². The number of aryl methyl sites for hydroxylation is 1. The highest BCUT2D eigenvalue weighted by molar-refractivity contribution is 6.02. The van der Waals surface area contributed by atoms with Gasteiger partial charge in [0.2, 0.25) is 6.79 Å². The van der Waals surface area contributed by atoms with E-state index in [9.17, 15) is 9.59 Å². The molecule has 30 heavy (non-hydrogen) atoms. The van der Waals surface area contributed by atoms with Crippen molar-refractivity contribution in [2.24, 2.45) is 0 Å². The lowest BCUT2D eigenvalue weighted by Crippen LogP contribution is -2.26. The molecule has 8 heteroatoms. The third-order valence-electron chi connectivity index (χ3n) is 4.47. The van der Waals surface area contributed by atoms with Gasteiger partial charge in [0.05, 0.1) is 0 Å². The predicted molar refractivity (Wildman–Crippen MR) is 110 cm³/mol. The molecule has 0 aliphatic carbocycles. The number of amides is 1. The number of hydrogen-bond acceptors (Lipinski definition) is 6. The van der Waals surface area contributed by atoms with Crippen molar-refractivity contribution in [1.82, 2.24) is 9.78 Å². The zero-order chi connectivity index (χ0) is 20.9. The summed E-state index contributed by atoms with van der Waals surface area (Å²) in [6.45, 7) is 2.94. The molecule has 2 aromatic carbocycles. The van der Waals surface area contributed by atoms with E-state index in [4.69, 9.17) is 14.2 Å². The molecule has 0 fully saturated rings. The highest BCUT2D eigenvalue weighted by Crippen LogP contribution is 2.35. The SMILES string of the molecule is CCCn1nc(C(=O)Nc2cccc(COc3ccc4c(c3)OCO4)c2)ccc1=O. The summed E-state index contributed by atoms with van der Waals surface area (Å²) < 4.78 is 17.8. The van der Waals surface area contributed by atoms with Crippen LogP contribution in [0.15, 0.2) is 59.4 Å². The topological polar surface area (TPSA) is 91.7 Å². The van der Waals surface area contributed by atoms with Crippen LogP contribution in [0.2, 0.25) is 0 Å². The van der Waals surface area contributed by atoms with E-state index in [1.165, 1.54) is 16.8 Å². The van der Waals surface area contributed by atoms with Gasteiger partial charge in [0.25, 0.3) is 11.5 Å². The summed E-state index contributed by atoms with van der Waals surface area (Å²) in [5.74, 6) is 1.64. The Kier molecular flexibility index (Phi) is 5.65. The summed E-state index contributed by atoms with van der Waals surface area (Å²) in [6, 6.07) is 15.5. The van der Waals surface area contributed by atoms with Crippen molar-refractivity contribution in [3.63, 3.8) is 0 Å². The number of carbonyl (C=O) groups is 1. The molecule has 0 atom stereocenters. The summed E-state index contributed by atoms with van der Waals surface area (Å²) in [5, 5.41) is 6.94. The van der Waals surface area contributed by atoms with Crippen LogP contribution in [0.5, 0.6) is 17.2 Å². The second-order valence-corrected chi connectivity index (χ2v) is 6.74. The van der Waals surface area contributed by atoms with E-state index in [1.54, 1.807) is 18.2 Å². The number of benzene rings is 2. The number of nitrogens with zero attached hydrogens (tertiary/aromatic N) is 2. The molecule has 0 unspecified atom stereocenters. The Morgan fingerprint density at radius 2 is 2.00 bits per heavy atom. The van der Waals surface area contributed by atoms with Gasteiger partial charge < -0.3 is 19.5 Å². The molecule has 0 saturated carbocycles. The Bertz CT molecular complexity index is 1130. The molecule has 0 bridgehead atoms. The Hall–Kier alpha value is -3.81. The molecule has 0 spiro atoms. The van der Waals surface area contributed by atoms with E-state index in [0.717, 1.165) is 12.0 Å². The quantitative estimate of drug-likeness (QED) is 0.647. The molecule has 0 radical (unpaired) electrons. The molecule has 1 aromatic heterocycles. The Morgan fingerprint density at radius 1 is 1.13 bits per heavy atom. The maximum Gasteiger partial charge on any atom is 0.276 e. The minimum Gasteiger partial charge on any atom is -0.489 e. The van der Waals surface area contributed by atoms with Crippen LogP contribution in [0.3, 0.4) is 0 Å². The second-order valence-electron chi connectivity index (χ2n) is 6.74. The van der Waals surface area contributed by atoms with Crippen LogP contribution in [-0.4, -0.2) is 22.5 Å². The average Bonchev–Trinajstić information content (AvgIpc) is 3.22. The molecular weight excluding hydrogens is 386 g/mol. The molecule has 1 N–H and O–H groups in total. The number of rotatable bonds is 7. The number of aromatic nitrogens is 2. The van der Waals surface area contributed by atoms with E-state index < -0.39 is 0 Å². The lowest BCUT2D eigenvalue weighted by Gasteiger charge is -2.10. The van der Waals surface area contributed by atoms with E-state index in [2.05, 4.69) is 10.4 Å². The van der Waals surface area contributed by atoms with Crippen molar-refractivity contribution in [3.8, 4) is 17.2 Å². The lowest BCUT2D eigenvalue weighted by atomic mass is 10.2. The standard InChI is InChI=1S/C22H21N3O5/c1-2-10-25-21(26)9-7-18(24-25)22(27)23-16-5-3-4-15(11-16)13-28-17-6-8-19-20(12-17)30-14-29-19/h3-9,11-12H,2,10,13-14H2,1H3,(H,23,27). The van der Waals surface area contributed by atoms with Crippen LogP contribution in [0, 0.1) is 0 Å². The molecule has 1 amide bonds. The molecule has 0 saturated heterocycles. The van der Waals surface area contributed by atoms with Crippen LogP contribution in [0.1, 0.15) is 29.4 Å². The van der Waals surface area contributed by atoms with E-state index >= 15 is 0 Å². The molecule has 3 aromatic rings. The van der Waals surface area contributed by atoms with Crippen molar-refractivity contribution < 1.29 is 19.0 Å². The summed E-state index contributed by atoms with van der Waals surface area (Å²) in [6.07, 6.45) is 0.753. The Balaban J connectivity index is 1.41. The van der Waals surface area contributed by atoms with Crippen LogP contribution >= 0.6 is 0 Å². The second kappa shape index (κ2) is 8.69. The summed E-state index contributed by atoms with van der Waals surface area (Å²) in [5.41, 5.74) is 1.46. The van der Waals surface area contributed by atoms with Gasteiger partial charge >= 0.3 is 0 Å². The van der Waals surface area contributed by atoms with Gasteiger partial charge in [0.15, 0.2) is 11.5 Å². The largest absolute Gasteiger partial charge is 0.489 e. The van der Waals surface area contributed by atoms with Gasteiger partial charge in [-0.05, 0) is 42.3 Å². The Labute approximate surface area is 173 Å². The van der Waals surface area contributed by atoms with E-state index in [0.29, 0.717) is 36.1 Å². The summed E-state index contributed by atoms with van der Waals surface area (Å²) in [7, 11) is 0. The highest BCUT2D eigenvalue weighted by Gasteiger charge is 2.14. The fourth-order valence-corrected chi connectivity index (χ4v) is 3.01. The van der Waals surface area contributed by atoms with Crippen molar-refractivity contribution in [2.75, 3.05) is 12.1 Å². The maximum absolute atomic E-state index is 12.5. The number of anilines is 1. The number of nitrogens with one attached hydrogen (secondary N) is 1. The van der Waals surface area contributed by atoms with Gasteiger partial charge in [-0.15, -0.1) is 0 Å². The lowest BCUT2D eigenvalue weighted by molar-refractivity contribution is 0.101. The first-order valence-electron chi connectivity index (χ1n) is 9.63. The molecule has 2 heterocycles. The number of hydrogen-bond donors (Lipinski definition) is 1. The highest BCUT2D eigenvalue weighted by atomic mass is 16.7. The van der Waals surface area contributed by atoms with Crippen LogP contribution in [0.4, 0.5) is 5.69 Å². The zero-order valence-corrected chi connectivity index (χ0v) is 16.5. The van der Waals surface area contributed by atoms with Crippen molar-refractivity contribution in [2.45, 2.75) is 26.5 Å². The summed E-state index contributed by atoms with van der Waals surface area (Å²) in [4.78, 5) is 24.3. The fourth-order valence-electron chi connectivity index (χ4n) is 3.01. The van der Waals surface area contributed by atoms with Crippen molar-refractivity contribution >= 4 is 11.6 Å². The van der Waals surface area contributed by atoms with Crippen LogP contribution in [0.25, 0.3) is 0 Å². The van der Waals surface area contributed by atoms with Gasteiger partial charge in [0, 0.05) is 24.4 Å². The number of carbonyl (C=O) groups excluding carboxylic acids is 1. The van der Waals surface area contributed by atoms with Gasteiger partial charge in [-0.25, -0.2) is 4.68 Å². The zero-order valence-electron chi connectivity index (χ0n) is 16.5. The predicted octanol–water partition coefficient (Wildman–Crippen LogP) is 3.21. The maximum atomic E-state index is 12.5.